The van der Waals surface area contributed by atoms with Gasteiger partial charge in [0.15, 0.2) is 60.3 Å². The number of rotatable bonds is 22. The third-order valence-corrected chi connectivity index (χ3v) is 25.0. The number of aromatic nitrogens is 12. The molecule has 6 aromatic heterocycles. The Kier molecular flexibility index (Phi) is 35.9. The summed E-state index contributed by atoms with van der Waals surface area (Å²) in [6, 6.07) is 0. The van der Waals surface area contributed by atoms with Crippen LogP contribution in [-0.2, 0) is 55.2 Å². The maximum Gasteiger partial charge on any atom is 0.412 e. The number of imidazole rings is 2. The molecule has 3 saturated carbocycles. The third kappa shape index (κ3) is 26.7. The van der Waals surface area contributed by atoms with Crippen LogP contribution in [0.1, 0.15) is 144 Å². The second-order valence-electron chi connectivity index (χ2n) is 30.0. The largest absolute Gasteiger partial charge is 0.412 e. The molecule has 6 fully saturated rings. The van der Waals surface area contributed by atoms with E-state index in [2.05, 4.69) is 75.8 Å². The predicted octanol–water partition coefficient (Wildman–Crippen LogP) is 7.05. The number of carbonyl (C=O) groups is 1. The van der Waals surface area contributed by atoms with Crippen LogP contribution in [0.3, 0.4) is 0 Å². The molecule has 6 aromatic rings. The van der Waals surface area contributed by atoms with E-state index in [0.717, 1.165) is 107 Å². The number of ketones is 1. The van der Waals surface area contributed by atoms with Gasteiger partial charge in [0, 0.05) is 37.8 Å². The van der Waals surface area contributed by atoms with Crippen LogP contribution in [-0.4, -0.2) is 236 Å². The van der Waals surface area contributed by atoms with Crippen LogP contribution in [0.2, 0.25) is 0 Å². The molecule has 46 heteroatoms. The lowest BCUT2D eigenvalue weighted by molar-refractivity contribution is -0.166. The molecule has 16 atom stereocenters. The van der Waals surface area contributed by atoms with Crippen LogP contribution in [0.25, 0.3) is 22.3 Å². The van der Waals surface area contributed by atoms with Gasteiger partial charge in [0.1, 0.15) is 57.8 Å². The van der Waals surface area contributed by atoms with Gasteiger partial charge < -0.3 is 96.6 Å². The highest BCUT2D eigenvalue weighted by Gasteiger charge is 2.59. The van der Waals surface area contributed by atoms with Gasteiger partial charge in [-0.2, -0.15) is 46.3 Å². The number of fused-ring (bicyclic) bond motifs is 7. The van der Waals surface area contributed by atoms with Gasteiger partial charge in [-0.3, -0.25) is 27.5 Å². The van der Waals surface area contributed by atoms with Crippen LogP contribution in [0.5, 0.6) is 0 Å². The van der Waals surface area contributed by atoms with Crippen molar-refractivity contribution in [1.29, 1.82) is 0 Å². The molecule has 8 aliphatic rings. The van der Waals surface area contributed by atoms with Gasteiger partial charge in [-0.25, -0.2) is 38.3 Å². The van der Waals surface area contributed by atoms with E-state index in [-0.39, 0.29) is 87.4 Å². The zero-order valence-electron chi connectivity index (χ0n) is 66.5. The lowest BCUT2D eigenvalue weighted by Crippen LogP contribution is -2.50. The zero-order valence-corrected chi connectivity index (χ0v) is 69.1. The minimum absolute atomic E-state index is 0.000000000000000222. The first kappa shape index (κ1) is 97.4. The number of anilines is 4. The number of carbonyl (C=O) groups excluding carboxylic acids is 1. The maximum absolute atomic E-state index is 13.1. The molecule has 0 aromatic carbocycles. The number of Topliss-reactive ketones (excluding diaryl/α,β-unsaturated/α-hetero) is 1. The molecule has 0 spiro atoms. The number of nitrogen functional groups attached to an aromatic ring is 4. The highest BCUT2D eigenvalue weighted by Crippen LogP contribution is 2.64. The molecule has 35 nitrogen and oxygen atoms in total. The van der Waals surface area contributed by atoms with Gasteiger partial charge >= 0.3 is 31.3 Å². The third-order valence-electron chi connectivity index (χ3n) is 21.1. The normalized spacial score (nSPS) is 27.5. The Balaban J connectivity index is 0.000000180. The fraction of sp³-hybridized carbons (Fsp3) is 0.685. The summed E-state index contributed by atoms with van der Waals surface area (Å²) in [6.07, 6.45) is 7.68. The number of aliphatic hydroxyl groups excluding tert-OH is 8. The summed E-state index contributed by atoms with van der Waals surface area (Å²) < 4.78 is 151. The smallest absolute Gasteiger partial charge is 0.395 e. The van der Waals surface area contributed by atoms with Crippen molar-refractivity contribution in [2.24, 2.45) is 28.6 Å². The number of nitrogens with zero attached hydrogens (tertiary/aromatic N) is 12. The molecule has 0 amide bonds. The average molecular weight is 1760 g/mol. The maximum atomic E-state index is 13.1. The van der Waals surface area contributed by atoms with Crippen molar-refractivity contribution in [2.75, 3.05) is 87.0 Å². The van der Waals surface area contributed by atoms with Crippen LogP contribution in [0.15, 0.2) is 68.5 Å². The first-order valence-electron chi connectivity index (χ1n) is 38.8. The molecule has 10 heterocycles. The van der Waals surface area contributed by atoms with Crippen molar-refractivity contribution in [3.8, 4) is 0 Å². The number of aliphatic hydroxyl groups is 8. The number of ether oxygens (including phenoxy) is 5. The Labute approximate surface area is 687 Å². The Morgan fingerprint density at radius 2 is 1.19 bits per heavy atom. The van der Waals surface area contributed by atoms with Crippen LogP contribution >= 0.6 is 31.1 Å². The summed E-state index contributed by atoms with van der Waals surface area (Å²) in [4.78, 5) is 66.9. The number of hydrogen-bond donors (Lipinski definition) is 12. The van der Waals surface area contributed by atoms with Gasteiger partial charge in [-0.15, -0.1) is 23.5 Å². The molecule has 4 aliphatic heterocycles. The van der Waals surface area contributed by atoms with E-state index in [1.54, 1.807) is 34.8 Å². The molecular weight excluding hydrogens is 1650 g/mol. The van der Waals surface area contributed by atoms with E-state index in [1.807, 2.05) is 20.8 Å². The summed E-state index contributed by atoms with van der Waals surface area (Å²) in [5.74, 6) is 2.19. The first-order valence-corrected chi connectivity index (χ1v) is 42.5. The number of nitrogens with two attached hydrogens (primary N) is 4. The van der Waals surface area contributed by atoms with Crippen molar-refractivity contribution < 1.29 is 118 Å². The summed E-state index contributed by atoms with van der Waals surface area (Å²) in [5.41, 5.74) is 24.4. The average Bonchev–Trinajstić information content (AvgIpc) is 1.70. The minimum Gasteiger partial charge on any atom is -0.395 e. The summed E-state index contributed by atoms with van der Waals surface area (Å²) >= 11 is 3.06. The molecule has 14 rings (SSSR count). The molecule has 0 bridgehead atoms. The summed E-state index contributed by atoms with van der Waals surface area (Å²) in [5, 5.41) is 73.2. The SMILES string of the molecule is CCCSc1nc(N)nc2c1ncn2CCO.CCCSc1nc(N)nc2c1ncn2CCOCP(=O)(OCC(F)(F)F)OCC(F)(F)F.C[C@@H]1C[C@@H](O)[C@H](CO)O1.C[C@@H]1C[C@@H](O)[C@H](O)O1.C[C@]12CC[C@H](O)CC1=CCC1C2CC[C@]2(C)C(=O)CCC12.Nc1nc(=O)n([C@@H]2C=C[C@H](CO)O2)cc1F.Nc1nc(=O)n([C@@H]2CC[C@H](CO)O2)cc1F. The van der Waals surface area contributed by atoms with Crippen LogP contribution in [0.4, 0.5) is 58.7 Å². The monoisotopic (exact) mass is 1760 g/mol. The summed E-state index contributed by atoms with van der Waals surface area (Å²) in [6.45, 7) is 8.28. The van der Waals surface area contributed by atoms with Crippen molar-refractivity contribution in [3.63, 3.8) is 0 Å². The Morgan fingerprint density at radius 3 is 1.67 bits per heavy atom. The topological polar surface area (TPSA) is 522 Å². The first-order chi connectivity index (χ1) is 56.2. The van der Waals surface area contributed by atoms with Crippen molar-refractivity contribution in [1.82, 2.24) is 58.1 Å². The van der Waals surface area contributed by atoms with E-state index in [0.29, 0.717) is 77.1 Å². The lowest BCUT2D eigenvalue weighted by Gasteiger charge is -2.56. The molecule has 3 unspecified atom stereocenters. The van der Waals surface area contributed by atoms with Crippen LogP contribution in [0, 0.1) is 40.2 Å². The van der Waals surface area contributed by atoms with Gasteiger partial charge in [-0.1, -0.05) is 45.4 Å². The number of alkyl halides is 6. The van der Waals surface area contributed by atoms with E-state index < -0.39 is 111 Å². The van der Waals surface area contributed by atoms with Crippen molar-refractivity contribution >= 4 is 82.8 Å². The molecule has 666 valence electrons. The standard InChI is InChI=1S/C19H28O2.C15H20F6N5O4PS.C10H15N5OS.C9H12FN3O3.C9H10FN3O3.C6H12O3.C5H10O3/c1-18-9-7-13(20)11-12(18)3-4-14-15-5-6-17(21)19(15,2)10-8-16(14)18;1-2-5-32-12-10-11(24-13(22)25-12)26(8-23-10)3-4-28-9-31(27,29-6-14(16,17)18)30-7-15(19,20)21;1-2-5-17-9-7-8(13-10(11)14-9)15(3-4-16)6-12-7;2*10-6-3-13(9(15)12-8(6)11)7-2-1-5(4-14)16-7;1-4-2-5(8)6(3-7)9-4;1-3-2-4(6)5(7)8-3/h3,13-16,20H,4-11H2,1-2H3;8H,2-7,9H2,1H3,(H2,22,24,25);6,16H,2-5H2,1H3,(H2,11,13,14);3,5,7,14H,1-2,4H2,(H2,11,12,15);1-3,5,7,14H,4H2,(H2,11,12,15);4-8H,2-3H2,1H3;3-7H,2H2,1H3/t13-,14?,15?,16?,18-,19-;;;2*5-,7+;4-,5-,6+;3-,4-,5-/m0..1111/s1. The minimum atomic E-state index is -4.92. The second kappa shape index (κ2) is 43.8. The van der Waals surface area contributed by atoms with Crippen molar-refractivity contribution in [3.05, 3.63) is 81.5 Å². The number of thioether (sulfide) groups is 2. The molecule has 16 N–H and O–H groups in total. The molecule has 3 saturated heterocycles. The van der Waals surface area contributed by atoms with E-state index in [9.17, 15) is 59.2 Å². The Hall–Kier alpha value is -7.02. The van der Waals surface area contributed by atoms with Gasteiger partial charge in [-0.05, 0) is 125 Å². The highest BCUT2D eigenvalue weighted by atomic mass is 32.2. The van der Waals surface area contributed by atoms with Gasteiger partial charge in [0.2, 0.25) is 11.9 Å². The van der Waals surface area contributed by atoms with Crippen molar-refractivity contribution in [2.45, 2.75) is 235 Å². The molecular formula is C73H107F8N16O19PS2. The molecule has 0 radical (unpaired) electrons. The van der Waals surface area contributed by atoms with Gasteiger partial charge in [0.05, 0.1) is 88.6 Å². The fourth-order valence-electron chi connectivity index (χ4n) is 15.1. The number of allylic oxidation sites excluding steroid dienone is 1. The highest BCUT2D eigenvalue weighted by molar-refractivity contribution is 7.99. The quantitative estimate of drug-likeness (QED) is 0.00808. The number of hydrogen-bond acceptors (Lipinski definition) is 33. The second-order valence-corrected chi connectivity index (χ2v) is 34.1. The van der Waals surface area contributed by atoms with E-state index in [1.165, 1.54) is 34.7 Å². The Bertz CT molecular complexity index is 4510. The fourth-order valence-corrected chi connectivity index (χ4v) is 18.1. The molecule has 4 aliphatic carbocycles. The molecule has 119 heavy (non-hydrogen) atoms. The van der Waals surface area contributed by atoms with Gasteiger partial charge in [0.25, 0.3) is 0 Å². The predicted molar refractivity (Wildman–Crippen MR) is 419 cm³/mol. The van der Waals surface area contributed by atoms with Crippen LogP contribution < -0.4 is 34.3 Å². The lowest BCUT2D eigenvalue weighted by atomic mass is 9.48. The van der Waals surface area contributed by atoms with E-state index >= 15 is 0 Å². The van der Waals surface area contributed by atoms with E-state index in [4.69, 9.17) is 82.4 Å². The Morgan fingerprint density at radius 1 is 0.647 bits per heavy atom. The number of halogens is 8. The summed E-state index contributed by atoms with van der Waals surface area (Å²) in [7, 11) is -4.83. The zero-order chi connectivity index (χ0) is 87.5.